The summed E-state index contributed by atoms with van der Waals surface area (Å²) in [5, 5.41) is 13.2. The number of carbonyl (C=O) groups is 2. The molecule has 0 spiro atoms. The molecule has 0 heterocycles. The fraction of sp³-hybridized carbons (Fsp3) is 0.318. The highest BCUT2D eigenvalue weighted by Crippen LogP contribution is 2.21. The number of hydrogen-bond donors (Lipinski definition) is 2. The minimum absolute atomic E-state index is 0.157. The number of benzene rings is 2. The molecule has 0 bridgehead atoms. The van der Waals surface area contributed by atoms with Gasteiger partial charge in [0.15, 0.2) is 0 Å². The highest BCUT2D eigenvalue weighted by molar-refractivity contribution is 6.01. The van der Waals surface area contributed by atoms with Gasteiger partial charge in [-0.3, -0.25) is 9.59 Å². The summed E-state index contributed by atoms with van der Waals surface area (Å²) in [5.41, 5.74) is 5.95. The van der Waals surface area contributed by atoms with Crippen LogP contribution in [0.3, 0.4) is 0 Å². The lowest BCUT2D eigenvalue weighted by atomic mass is 10.0. The van der Waals surface area contributed by atoms with Gasteiger partial charge in [0.2, 0.25) is 0 Å². The Morgan fingerprint density at radius 3 is 2.24 bits per heavy atom. The van der Waals surface area contributed by atoms with Crippen LogP contribution in [-0.2, 0) is 11.2 Å². The molecule has 0 saturated heterocycles. The van der Waals surface area contributed by atoms with E-state index in [2.05, 4.69) is 29.3 Å². The maximum Gasteiger partial charge on any atom is 0.307 e. The van der Waals surface area contributed by atoms with Gasteiger partial charge in [0.25, 0.3) is 5.91 Å². The quantitative estimate of drug-likeness (QED) is 0.500. The lowest BCUT2D eigenvalue weighted by molar-refractivity contribution is -0.136. The van der Waals surface area contributed by atoms with Crippen LogP contribution in [0.25, 0.3) is 0 Å². The Bertz CT molecular complexity index is 887. The average Bonchev–Trinajstić information content (AvgIpc) is 2.72. The molecule has 0 aliphatic rings. The van der Waals surface area contributed by atoms with Crippen LogP contribution in [0.4, 0.5) is 5.69 Å². The van der Waals surface area contributed by atoms with Gasteiger partial charge in [-0.2, -0.15) is 5.10 Å². The molecule has 154 valence electrons. The molecule has 2 rings (SSSR count). The van der Waals surface area contributed by atoms with Gasteiger partial charge in [0.05, 0.1) is 19.2 Å². The highest BCUT2D eigenvalue weighted by atomic mass is 16.5. The van der Waals surface area contributed by atoms with E-state index in [4.69, 9.17) is 9.84 Å². The number of anilines is 1. The summed E-state index contributed by atoms with van der Waals surface area (Å²) < 4.78 is 5.20. The van der Waals surface area contributed by atoms with Crippen molar-refractivity contribution in [2.75, 3.05) is 25.1 Å². The van der Waals surface area contributed by atoms with Gasteiger partial charge in [0, 0.05) is 29.9 Å². The number of nitrogens with one attached hydrogen (secondary N) is 1. The van der Waals surface area contributed by atoms with Crippen LogP contribution in [-0.4, -0.2) is 42.9 Å². The third-order valence-corrected chi connectivity index (χ3v) is 4.62. The lowest BCUT2D eigenvalue weighted by Crippen LogP contribution is -2.22. The average molecular weight is 397 g/mol. The van der Waals surface area contributed by atoms with Crippen molar-refractivity contribution in [3.63, 3.8) is 0 Å². The van der Waals surface area contributed by atoms with Crippen LogP contribution >= 0.6 is 0 Å². The zero-order valence-corrected chi connectivity index (χ0v) is 17.2. The Kier molecular flexibility index (Phi) is 7.77. The van der Waals surface area contributed by atoms with E-state index in [1.165, 1.54) is 7.11 Å². The Morgan fingerprint density at radius 2 is 1.69 bits per heavy atom. The molecule has 0 aromatic heterocycles. The van der Waals surface area contributed by atoms with Gasteiger partial charge in [-0.1, -0.05) is 0 Å². The maximum atomic E-state index is 12.4. The SMILES string of the molecule is CCN(CC)c1ccc(C(=O)N/N=C(/C)c2ccc(OC)c(CC(=O)O)c2)cc1. The zero-order chi connectivity index (χ0) is 21.4. The molecule has 0 radical (unpaired) electrons. The molecular formula is C22H27N3O4. The molecular weight excluding hydrogens is 370 g/mol. The minimum atomic E-state index is -0.948. The van der Waals surface area contributed by atoms with E-state index in [1.807, 2.05) is 12.1 Å². The molecule has 2 aromatic rings. The van der Waals surface area contributed by atoms with Crippen LogP contribution in [0, 0.1) is 0 Å². The van der Waals surface area contributed by atoms with Gasteiger partial charge in [-0.15, -0.1) is 0 Å². The number of methoxy groups -OCH3 is 1. The Hall–Kier alpha value is -3.35. The number of carboxylic acids is 1. The number of ether oxygens (including phenoxy) is 1. The lowest BCUT2D eigenvalue weighted by Gasteiger charge is -2.20. The monoisotopic (exact) mass is 397 g/mol. The predicted octanol–water partition coefficient (Wildman–Crippen LogP) is 3.32. The Balaban J connectivity index is 2.12. The second kappa shape index (κ2) is 10.3. The predicted molar refractivity (Wildman–Crippen MR) is 114 cm³/mol. The van der Waals surface area contributed by atoms with E-state index in [1.54, 1.807) is 37.3 Å². The smallest absolute Gasteiger partial charge is 0.307 e. The summed E-state index contributed by atoms with van der Waals surface area (Å²) >= 11 is 0. The van der Waals surface area contributed by atoms with Gasteiger partial charge in [-0.25, -0.2) is 5.43 Å². The van der Waals surface area contributed by atoms with Crippen molar-refractivity contribution in [3.8, 4) is 5.75 Å². The van der Waals surface area contributed by atoms with E-state index >= 15 is 0 Å². The molecule has 0 aliphatic heterocycles. The minimum Gasteiger partial charge on any atom is -0.496 e. The number of hydrazone groups is 1. The third kappa shape index (κ3) is 5.81. The molecule has 1 amide bonds. The first-order chi connectivity index (χ1) is 13.9. The second-order valence-electron chi connectivity index (χ2n) is 6.45. The number of rotatable bonds is 9. The van der Waals surface area contributed by atoms with Crippen molar-refractivity contribution in [1.29, 1.82) is 0 Å². The van der Waals surface area contributed by atoms with Crippen molar-refractivity contribution in [1.82, 2.24) is 5.43 Å². The fourth-order valence-electron chi connectivity index (χ4n) is 2.98. The van der Waals surface area contributed by atoms with Crippen LogP contribution in [0.2, 0.25) is 0 Å². The van der Waals surface area contributed by atoms with Gasteiger partial charge >= 0.3 is 5.97 Å². The van der Waals surface area contributed by atoms with Gasteiger partial charge in [0.1, 0.15) is 5.75 Å². The molecule has 0 unspecified atom stereocenters. The molecule has 7 heteroatoms. The number of carbonyl (C=O) groups excluding carboxylic acids is 1. The first kappa shape index (κ1) is 21.9. The van der Waals surface area contributed by atoms with Crippen molar-refractivity contribution >= 4 is 23.3 Å². The molecule has 0 saturated carbocycles. The standard InChI is InChI=1S/C22H27N3O4/c1-5-25(6-2)19-10-7-16(8-11-19)22(28)24-23-15(3)17-9-12-20(29-4)18(13-17)14-21(26)27/h7-13H,5-6,14H2,1-4H3,(H,24,28)(H,26,27)/b23-15-. The summed E-state index contributed by atoms with van der Waals surface area (Å²) in [6.07, 6.45) is -0.157. The van der Waals surface area contributed by atoms with Gasteiger partial charge < -0.3 is 14.7 Å². The van der Waals surface area contributed by atoms with Crippen molar-refractivity contribution < 1.29 is 19.4 Å². The summed E-state index contributed by atoms with van der Waals surface area (Å²) in [5.74, 6) is -0.757. The molecule has 7 nitrogen and oxygen atoms in total. The van der Waals surface area contributed by atoms with Gasteiger partial charge in [-0.05, 0) is 68.8 Å². The molecule has 2 aromatic carbocycles. The van der Waals surface area contributed by atoms with Crippen molar-refractivity contribution in [3.05, 3.63) is 59.2 Å². The number of nitrogens with zero attached hydrogens (tertiary/aromatic N) is 2. The van der Waals surface area contributed by atoms with Crippen LogP contribution in [0.5, 0.6) is 5.75 Å². The topological polar surface area (TPSA) is 91.2 Å². The number of hydrogen-bond acceptors (Lipinski definition) is 5. The molecule has 0 atom stereocenters. The van der Waals surface area contributed by atoms with E-state index in [9.17, 15) is 9.59 Å². The van der Waals surface area contributed by atoms with Crippen molar-refractivity contribution in [2.24, 2.45) is 5.10 Å². The summed E-state index contributed by atoms with van der Waals surface area (Å²) in [6.45, 7) is 7.72. The first-order valence-corrected chi connectivity index (χ1v) is 9.48. The van der Waals surface area contributed by atoms with E-state index in [0.717, 1.165) is 18.8 Å². The van der Waals surface area contributed by atoms with Crippen LogP contribution < -0.4 is 15.1 Å². The number of carboxylic acid groups (broad SMARTS) is 1. The molecule has 0 fully saturated rings. The van der Waals surface area contributed by atoms with E-state index < -0.39 is 5.97 Å². The summed E-state index contributed by atoms with van der Waals surface area (Å²) in [6, 6.07) is 12.5. The maximum absolute atomic E-state index is 12.4. The number of amides is 1. The van der Waals surface area contributed by atoms with E-state index in [0.29, 0.717) is 28.2 Å². The Morgan fingerprint density at radius 1 is 1.07 bits per heavy atom. The van der Waals surface area contributed by atoms with E-state index in [-0.39, 0.29) is 12.3 Å². The van der Waals surface area contributed by atoms with Crippen LogP contribution in [0.1, 0.15) is 42.3 Å². The second-order valence-corrected chi connectivity index (χ2v) is 6.45. The first-order valence-electron chi connectivity index (χ1n) is 9.48. The van der Waals surface area contributed by atoms with Crippen LogP contribution in [0.15, 0.2) is 47.6 Å². The Labute approximate surface area is 171 Å². The summed E-state index contributed by atoms with van der Waals surface area (Å²) in [4.78, 5) is 25.6. The third-order valence-electron chi connectivity index (χ3n) is 4.62. The highest BCUT2D eigenvalue weighted by Gasteiger charge is 2.11. The zero-order valence-electron chi connectivity index (χ0n) is 17.2. The van der Waals surface area contributed by atoms with Crippen molar-refractivity contribution in [2.45, 2.75) is 27.2 Å². The molecule has 2 N–H and O–H groups in total. The number of aliphatic carboxylic acids is 1. The molecule has 0 aliphatic carbocycles. The molecule has 29 heavy (non-hydrogen) atoms. The summed E-state index contributed by atoms with van der Waals surface area (Å²) in [7, 11) is 1.49. The normalized spacial score (nSPS) is 11.1. The largest absolute Gasteiger partial charge is 0.496 e. The fourth-order valence-corrected chi connectivity index (χ4v) is 2.98.